The third-order valence-corrected chi connectivity index (χ3v) is 9.46. The van der Waals surface area contributed by atoms with Gasteiger partial charge >= 0.3 is 6.55 Å². The predicted molar refractivity (Wildman–Crippen MR) is 159 cm³/mol. The summed E-state index contributed by atoms with van der Waals surface area (Å²) in [5.41, 5.74) is 3.43. The molecule has 5 heterocycles. The summed E-state index contributed by atoms with van der Waals surface area (Å²) < 4.78 is 61.4. The molecular weight excluding hydrogens is 580 g/mol. The lowest BCUT2D eigenvalue weighted by atomic mass is 9.94. The Hall–Kier alpha value is -3.78. The zero-order valence-electron chi connectivity index (χ0n) is 24.5. The number of alkyl halides is 2. The van der Waals surface area contributed by atoms with Crippen molar-refractivity contribution in [2.45, 2.75) is 52.2 Å². The number of nitrogens with one attached hydrogen (secondary N) is 2. The highest BCUT2D eigenvalue weighted by Crippen LogP contribution is 2.38. The van der Waals surface area contributed by atoms with Gasteiger partial charge < -0.3 is 19.9 Å². The van der Waals surface area contributed by atoms with E-state index in [2.05, 4.69) is 22.5 Å². The second kappa shape index (κ2) is 11.1. The van der Waals surface area contributed by atoms with Crippen molar-refractivity contribution in [2.24, 2.45) is 11.8 Å². The normalized spacial score (nSPS) is 19.3. The van der Waals surface area contributed by atoms with Gasteiger partial charge in [0.1, 0.15) is 22.8 Å². The van der Waals surface area contributed by atoms with E-state index in [1.54, 1.807) is 18.2 Å². The highest BCUT2D eigenvalue weighted by molar-refractivity contribution is 7.92. The first-order chi connectivity index (χ1) is 20.5. The molecule has 1 saturated heterocycles. The molecular formula is C29H35F2N7O4S. The molecule has 1 amide bonds. The molecule has 14 heteroatoms. The molecule has 2 aliphatic rings. The van der Waals surface area contributed by atoms with Crippen LogP contribution in [0.3, 0.4) is 0 Å². The van der Waals surface area contributed by atoms with Crippen molar-refractivity contribution in [3.05, 3.63) is 41.6 Å². The molecule has 4 aromatic heterocycles. The fourth-order valence-electron chi connectivity index (χ4n) is 5.83. The first-order valence-electron chi connectivity index (χ1n) is 14.3. The molecule has 0 aromatic carbocycles. The van der Waals surface area contributed by atoms with Crippen LogP contribution in [0.1, 0.15) is 42.2 Å². The quantitative estimate of drug-likeness (QED) is 0.275. The van der Waals surface area contributed by atoms with Crippen LogP contribution in [0.5, 0.6) is 5.88 Å². The van der Waals surface area contributed by atoms with Crippen LogP contribution >= 0.6 is 0 Å². The third-order valence-electron chi connectivity index (χ3n) is 8.40. The van der Waals surface area contributed by atoms with Gasteiger partial charge in [-0.25, -0.2) is 18.4 Å². The number of ether oxygens (including phenoxy) is 1. The minimum Gasteiger partial charge on any atom is -0.482 e. The van der Waals surface area contributed by atoms with Crippen molar-refractivity contribution in [1.82, 2.24) is 29.6 Å². The SMILES string of the molecule is COc1cc(C(=O)N[C@H]2CNCC[C@@H]2C)cc2nc(-c3cc4ccc(N(C(F)F)S(C)(=O)=O)nc4n3CC3CC3)c(C)n12. The predicted octanol–water partition coefficient (Wildman–Crippen LogP) is 3.79. The Labute approximate surface area is 248 Å². The summed E-state index contributed by atoms with van der Waals surface area (Å²) in [4.78, 5) is 22.6. The number of sulfonamides is 1. The van der Waals surface area contributed by atoms with Crippen molar-refractivity contribution >= 4 is 38.4 Å². The number of pyridine rings is 2. The number of methoxy groups -OCH3 is 1. The van der Waals surface area contributed by atoms with Crippen LogP contribution in [0.15, 0.2) is 30.3 Å². The van der Waals surface area contributed by atoms with Gasteiger partial charge in [-0.2, -0.15) is 13.1 Å². The van der Waals surface area contributed by atoms with Crippen molar-refractivity contribution in [2.75, 3.05) is 30.8 Å². The average Bonchev–Trinajstić information content (AvgIpc) is 3.62. The average molecular weight is 616 g/mol. The Kier molecular flexibility index (Phi) is 7.53. The highest BCUT2D eigenvalue weighted by Gasteiger charge is 2.31. The minimum absolute atomic E-state index is 0.0136. The van der Waals surface area contributed by atoms with Crippen LogP contribution in [-0.4, -0.2) is 72.3 Å². The lowest BCUT2D eigenvalue weighted by molar-refractivity contribution is 0.0914. The Morgan fingerprint density at radius 2 is 1.98 bits per heavy atom. The van der Waals surface area contributed by atoms with Crippen LogP contribution in [0.2, 0.25) is 0 Å². The molecule has 230 valence electrons. The molecule has 6 rings (SSSR count). The number of hydrogen-bond donors (Lipinski definition) is 2. The summed E-state index contributed by atoms with van der Waals surface area (Å²) in [5, 5.41) is 7.13. The van der Waals surface area contributed by atoms with E-state index in [9.17, 15) is 22.0 Å². The number of rotatable bonds is 9. The Morgan fingerprint density at radius 1 is 1.21 bits per heavy atom. The molecule has 0 bridgehead atoms. The number of hydrogen-bond acceptors (Lipinski definition) is 7. The van der Waals surface area contributed by atoms with Gasteiger partial charge in [0.05, 0.1) is 24.8 Å². The van der Waals surface area contributed by atoms with Gasteiger partial charge in [-0.05, 0) is 68.8 Å². The van der Waals surface area contributed by atoms with Crippen LogP contribution in [-0.2, 0) is 16.6 Å². The second-order valence-electron chi connectivity index (χ2n) is 11.6. The number of aryl methyl sites for hydroxylation is 1. The van der Waals surface area contributed by atoms with E-state index in [-0.39, 0.29) is 22.1 Å². The maximum absolute atomic E-state index is 13.8. The van der Waals surface area contributed by atoms with E-state index >= 15 is 0 Å². The monoisotopic (exact) mass is 615 g/mol. The second-order valence-corrected chi connectivity index (χ2v) is 13.4. The number of piperidine rings is 1. The van der Waals surface area contributed by atoms with Crippen LogP contribution in [0.4, 0.5) is 14.6 Å². The van der Waals surface area contributed by atoms with Gasteiger partial charge in [0.2, 0.25) is 10.0 Å². The van der Waals surface area contributed by atoms with Crippen LogP contribution in [0, 0.1) is 18.8 Å². The molecule has 0 spiro atoms. The number of imidazole rings is 1. The van der Waals surface area contributed by atoms with Gasteiger partial charge in [0, 0.05) is 36.1 Å². The van der Waals surface area contributed by atoms with E-state index in [0.717, 1.165) is 37.8 Å². The Bertz CT molecular complexity index is 1820. The number of halogens is 2. The first kappa shape index (κ1) is 29.3. The number of carbonyl (C=O) groups excluding carboxylic acids is 1. The summed E-state index contributed by atoms with van der Waals surface area (Å²) >= 11 is 0. The summed E-state index contributed by atoms with van der Waals surface area (Å²) in [6.07, 6.45) is 3.76. The minimum atomic E-state index is -4.26. The summed E-state index contributed by atoms with van der Waals surface area (Å²) in [6, 6.07) is 8.20. The van der Waals surface area contributed by atoms with Crippen LogP contribution < -0.4 is 19.7 Å². The number of anilines is 1. The van der Waals surface area contributed by atoms with Gasteiger partial charge in [-0.15, -0.1) is 0 Å². The molecule has 4 aromatic rings. The molecule has 2 fully saturated rings. The van der Waals surface area contributed by atoms with Crippen LogP contribution in [0.25, 0.3) is 28.1 Å². The molecule has 1 aliphatic heterocycles. The van der Waals surface area contributed by atoms with Gasteiger partial charge in [0.15, 0.2) is 5.88 Å². The van der Waals surface area contributed by atoms with Crippen molar-refractivity contribution < 1.29 is 26.7 Å². The standard InChI is InChI=1S/C29H35F2N7O4S/c1-16-9-10-32-14-21(16)33-28(39)20-12-24-34-26(17(2)37(24)25(13-20)42-3)22-11-19-7-8-23(38(29(30)31)43(4,40)41)35-27(19)36(22)15-18-5-6-18/h7-8,11-13,16,18,21,29,32H,5-6,9-10,14-15H2,1-4H3,(H,33,39)/t16-,21-/m0/s1. The maximum Gasteiger partial charge on any atom is 0.329 e. The zero-order chi connectivity index (χ0) is 30.6. The van der Waals surface area contributed by atoms with E-state index in [4.69, 9.17) is 9.72 Å². The van der Waals surface area contributed by atoms with E-state index in [1.165, 1.54) is 13.2 Å². The van der Waals surface area contributed by atoms with Gasteiger partial charge in [0.25, 0.3) is 5.91 Å². The topological polar surface area (TPSA) is 123 Å². The van der Waals surface area contributed by atoms with E-state index < -0.39 is 16.6 Å². The smallest absolute Gasteiger partial charge is 0.329 e. The summed E-state index contributed by atoms with van der Waals surface area (Å²) in [5.74, 6) is 0.624. The molecule has 11 nitrogen and oxygen atoms in total. The fourth-order valence-corrected chi connectivity index (χ4v) is 6.56. The van der Waals surface area contributed by atoms with Gasteiger partial charge in [-0.3, -0.25) is 9.20 Å². The zero-order valence-corrected chi connectivity index (χ0v) is 25.3. The van der Waals surface area contributed by atoms with E-state index in [1.807, 2.05) is 22.0 Å². The largest absolute Gasteiger partial charge is 0.482 e. The third kappa shape index (κ3) is 5.53. The number of amides is 1. The molecule has 1 saturated carbocycles. The Morgan fingerprint density at radius 3 is 2.63 bits per heavy atom. The first-order valence-corrected chi connectivity index (χ1v) is 16.2. The lowest BCUT2D eigenvalue weighted by Gasteiger charge is -2.30. The molecule has 0 radical (unpaired) electrons. The van der Waals surface area contributed by atoms with Crippen molar-refractivity contribution in [1.29, 1.82) is 0 Å². The van der Waals surface area contributed by atoms with Gasteiger partial charge in [-0.1, -0.05) is 6.92 Å². The fraction of sp³-hybridized carbons (Fsp3) is 0.483. The molecule has 1 aliphatic carbocycles. The molecule has 43 heavy (non-hydrogen) atoms. The van der Waals surface area contributed by atoms with Crippen molar-refractivity contribution in [3.63, 3.8) is 0 Å². The molecule has 2 atom stereocenters. The summed E-state index contributed by atoms with van der Waals surface area (Å²) in [6.45, 7) is 2.97. The molecule has 0 unspecified atom stereocenters. The van der Waals surface area contributed by atoms with Crippen molar-refractivity contribution in [3.8, 4) is 17.3 Å². The lowest BCUT2D eigenvalue weighted by Crippen LogP contribution is -2.50. The highest BCUT2D eigenvalue weighted by atomic mass is 32.2. The number of aromatic nitrogens is 4. The van der Waals surface area contributed by atoms with E-state index in [0.29, 0.717) is 64.4 Å². The maximum atomic E-state index is 13.8. The Balaban J connectivity index is 1.45. The number of fused-ring (bicyclic) bond motifs is 2. The molecule has 2 N–H and O–H groups in total. The number of carbonyl (C=O) groups is 1. The number of nitrogens with zero attached hydrogens (tertiary/aromatic N) is 5. The summed E-state index contributed by atoms with van der Waals surface area (Å²) in [7, 11) is -2.73.